The first-order valence-electron chi connectivity index (χ1n) is 7.53. The van der Waals surface area contributed by atoms with Crippen LogP contribution in [-0.4, -0.2) is 25.7 Å². The van der Waals surface area contributed by atoms with Crippen molar-refractivity contribution in [1.29, 1.82) is 0 Å². The first kappa shape index (κ1) is 17.4. The van der Waals surface area contributed by atoms with Gasteiger partial charge in [-0.25, -0.2) is 0 Å². The van der Waals surface area contributed by atoms with E-state index in [-0.39, 0.29) is 12.0 Å². The molecule has 0 spiro atoms. The molecular formula is C15H31NO2. The molecule has 0 radical (unpaired) electrons. The fourth-order valence-corrected chi connectivity index (χ4v) is 2.01. The van der Waals surface area contributed by atoms with Gasteiger partial charge in [0.2, 0.25) is 0 Å². The van der Waals surface area contributed by atoms with Crippen molar-refractivity contribution in [3.05, 3.63) is 0 Å². The first-order valence-corrected chi connectivity index (χ1v) is 7.53. The van der Waals surface area contributed by atoms with E-state index in [1.54, 1.807) is 0 Å². The first-order chi connectivity index (χ1) is 8.72. The van der Waals surface area contributed by atoms with Crippen LogP contribution in [0.15, 0.2) is 0 Å². The molecule has 3 nitrogen and oxygen atoms in total. The number of nitrogens with one attached hydrogen (secondary N) is 1. The average Bonchev–Trinajstić information content (AvgIpc) is 2.39. The highest BCUT2D eigenvalue weighted by atomic mass is 16.5. The van der Waals surface area contributed by atoms with Gasteiger partial charge in [0.15, 0.2) is 0 Å². The highest BCUT2D eigenvalue weighted by Gasteiger charge is 2.10. The minimum Gasteiger partial charge on any atom is -0.468 e. The molecule has 108 valence electrons. The third kappa shape index (κ3) is 10.6. The topological polar surface area (TPSA) is 38.3 Å². The van der Waals surface area contributed by atoms with Crippen molar-refractivity contribution in [1.82, 2.24) is 5.32 Å². The van der Waals surface area contributed by atoms with Crippen LogP contribution in [-0.2, 0) is 9.53 Å². The maximum Gasteiger partial charge on any atom is 0.322 e. The lowest BCUT2D eigenvalue weighted by Crippen LogP contribution is -2.35. The summed E-state index contributed by atoms with van der Waals surface area (Å²) in [5, 5.41) is 3.18. The van der Waals surface area contributed by atoms with Crippen molar-refractivity contribution in [2.75, 3.05) is 13.7 Å². The third-order valence-electron chi connectivity index (χ3n) is 3.29. The van der Waals surface area contributed by atoms with Crippen LogP contribution in [0.5, 0.6) is 0 Å². The van der Waals surface area contributed by atoms with E-state index in [9.17, 15) is 4.79 Å². The number of carbonyl (C=O) groups is 1. The van der Waals surface area contributed by atoms with E-state index >= 15 is 0 Å². The Labute approximate surface area is 113 Å². The van der Waals surface area contributed by atoms with Gasteiger partial charge in [-0.2, -0.15) is 0 Å². The maximum absolute atomic E-state index is 11.1. The molecule has 1 atom stereocenters. The molecule has 0 rings (SSSR count). The molecule has 1 N–H and O–H groups in total. The van der Waals surface area contributed by atoms with E-state index in [2.05, 4.69) is 17.0 Å². The Hall–Kier alpha value is -0.570. The number of hydrogen-bond acceptors (Lipinski definition) is 3. The lowest BCUT2D eigenvalue weighted by Gasteiger charge is -2.10. The monoisotopic (exact) mass is 257 g/mol. The zero-order valence-corrected chi connectivity index (χ0v) is 12.5. The Morgan fingerprint density at radius 1 is 1.00 bits per heavy atom. The second kappa shape index (κ2) is 12.9. The van der Waals surface area contributed by atoms with Gasteiger partial charge >= 0.3 is 5.97 Å². The molecule has 0 saturated carbocycles. The van der Waals surface area contributed by atoms with Gasteiger partial charge in [-0.05, 0) is 19.9 Å². The highest BCUT2D eigenvalue weighted by molar-refractivity contribution is 5.74. The molecule has 0 fully saturated rings. The van der Waals surface area contributed by atoms with Gasteiger partial charge in [0.25, 0.3) is 0 Å². The van der Waals surface area contributed by atoms with E-state index < -0.39 is 0 Å². The molecule has 0 heterocycles. The Kier molecular flexibility index (Phi) is 12.5. The molecule has 0 aromatic rings. The van der Waals surface area contributed by atoms with Crippen LogP contribution in [0.1, 0.15) is 71.6 Å². The Balaban J connectivity index is 3.14. The summed E-state index contributed by atoms with van der Waals surface area (Å²) in [6.07, 6.45) is 12.0. The van der Waals surface area contributed by atoms with Gasteiger partial charge < -0.3 is 10.1 Å². The van der Waals surface area contributed by atoms with Crippen molar-refractivity contribution < 1.29 is 9.53 Å². The summed E-state index contributed by atoms with van der Waals surface area (Å²) in [7, 11) is 1.43. The number of methoxy groups -OCH3 is 1. The fraction of sp³-hybridized carbons (Fsp3) is 0.933. The lowest BCUT2D eigenvalue weighted by molar-refractivity contribution is -0.142. The molecule has 1 unspecified atom stereocenters. The Bertz CT molecular complexity index is 195. The van der Waals surface area contributed by atoms with Crippen LogP contribution in [0.25, 0.3) is 0 Å². The summed E-state index contributed by atoms with van der Waals surface area (Å²) in [4.78, 5) is 11.1. The zero-order chi connectivity index (χ0) is 13.6. The molecule has 0 aromatic heterocycles. The van der Waals surface area contributed by atoms with E-state index in [1.807, 2.05) is 6.92 Å². The summed E-state index contributed by atoms with van der Waals surface area (Å²) in [6, 6.07) is -0.177. The van der Waals surface area contributed by atoms with Crippen molar-refractivity contribution >= 4 is 5.97 Å². The average molecular weight is 257 g/mol. The second-order valence-corrected chi connectivity index (χ2v) is 5.03. The molecule has 0 saturated heterocycles. The van der Waals surface area contributed by atoms with Crippen LogP contribution < -0.4 is 5.32 Å². The van der Waals surface area contributed by atoms with Gasteiger partial charge in [0.1, 0.15) is 6.04 Å². The van der Waals surface area contributed by atoms with Crippen molar-refractivity contribution in [3.63, 3.8) is 0 Å². The number of unbranched alkanes of at least 4 members (excludes halogenated alkanes) is 8. The minimum atomic E-state index is -0.177. The minimum absolute atomic E-state index is 0.175. The quantitative estimate of drug-likeness (QED) is 0.428. The highest BCUT2D eigenvalue weighted by Crippen LogP contribution is 2.09. The second-order valence-electron chi connectivity index (χ2n) is 5.03. The SMILES string of the molecule is CCCCCCCCCCCNC(C)C(=O)OC. The zero-order valence-electron chi connectivity index (χ0n) is 12.5. The largest absolute Gasteiger partial charge is 0.468 e. The molecule has 0 aromatic carbocycles. The van der Waals surface area contributed by atoms with Crippen molar-refractivity contribution in [2.45, 2.75) is 77.7 Å². The van der Waals surface area contributed by atoms with Crippen molar-refractivity contribution in [3.8, 4) is 0 Å². The number of hydrogen-bond donors (Lipinski definition) is 1. The van der Waals surface area contributed by atoms with Crippen LogP contribution in [0.2, 0.25) is 0 Å². The molecule has 0 aliphatic carbocycles. The van der Waals surface area contributed by atoms with Gasteiger partial charge in [0.05, 0.1) is 7.11 Å². The van der Waals surface area contributed by atoms with E-state index in [1.165, 1.54) is 58.5 Å². The summed E-state index contributed by atoms with van der Waals surface area (Å²) >= 11 is 0. The molecule has 0 aliphatic rings. The third-order valence-corrected chi connectivity index (χ3v) is 3.29. The summed E-state index contributed by atoms with van der Waals surface area (Å²) < 4.78 is 4.65. The van der Waals surface area contributed by atoms with Crippen LogP contribution >= 0.6 is 0 Å². The predicted octanol–water partition coefficient (Wildman–Crippen LogP) is 3.67. The molecule has 3 heteroatoms. The summed E-state index contributed by atoms with van der Waals surface area (Å²) in [5.41, 5.74) is 0. The van der Waals surface area contributed by atoms with Crippen LogP contribution in [0, 0.1) is 0 Å². The Morgan fingerprint density at radius 2 is 1.50 bits per heavy atom. The molecule has 0 bridgehead atoms. The lowest BCUT2D eigenvalue weighted by atomic mass is 10.1. The normalized spacial score (nSPS) is 12.4. The van der Waals surface area contributed by atoms with E-state index in [4.69, 9.17) is 0 Å². The van der Waals surface area contributed by atoms with E-state index in [0.717, 1.165) is 13.0 Å². The van der Waals surface area contributed by atoms with E-state index in [0.29, 0.717) is 0 Å². The van der Waals surface area contributed by atoms with Gasteiger partial charge in [-0.1, -0.05) is 58.3 Å². The van der Waals surface area contributed by atoms with Gasteiger partial charge in [-0.3, -0.25) is 4.79 Å². The van der Waals surface area contributed by atoms with Crippen LogP contribution in [0.4, 0.5) is 0 Å². The summed E-state index contributed by atoms with van der Waals surface area (Å²) in [5.74, 6) is -0.175. The molecule has 0 aliphatic heterocycles. The fourth-order valence-electron chi connectivity index (χ4n) is 2.01. The number of esters is 1. The predicted molar refractivity (Wildman–Crippen MR) is 76.7 cm³/mol. The standard InChI is InChI=1S/C15H31NO2/c1-4-5-6-7-8-9-10-11-12-13-16-14(2)15(17)18-3/h14,16H,4-13H2,1-3H3. The molecular weight excluding hydrogens is 226 g/mol. The number of ether oxygens (including phenoxy) is 1. The van der Waals surface area contributed by atoms with Crippen molar-refractivity contribution in [2.24, 2.45) is 0 Å². The Morgan fingerprint density at radius 3 is 2.00 bits per heavy atom. The van der Waals surface area contributed by atoms with Gasteiger partial charge in [0, 0.05) is 0 Å². The molecule has 18 heavy (non-hydrogen) atoms. The molecule has 0 amide bonds. The smallest absolute Gasteiger partial charge is 0.322 e. The maximum atomic E-state index is 11.1. The van der Waals surface area contributed by atoms with Crippen LogP contribution in [0.3, 0.4) is 0 Å². The number of rotatable bonds is 12. The van der Waals surface area contributed by atoms with Gasteiger partial charge in [-0.15, -0.1) is 0 Å². The summed E-state index contributed by atoms with van der Waals surface area (Å²) in [6.45, 7) is 5.01. The number of carbonyl (C=O) groups excluding carboxylic acids is 1.